The Balaban J connectivity index is 3.20. The zero-order valence-electron chi connectivity index (χ0n) is 11.6. The zero-order valence-corrected chi connectivity index (χ0v) is 11.6. The summed E-state index contributed by atoms with van der Waals surface area (Å²) >= 11 is 0. The second-order valence-electron chi connectivity index (χ2n) is 4.88. The predicted octanol–water partition coefficient (Wildman–Crippen LogP) is 3.42. The molecule has 1 aromatic rings. The molecule has 0 aliphatic rings. The topological polar surface area (TPSA) is 28.2 Å². The van der Waals surface area contributed by atoms with Crippen LogP contribution in [-0.4, -0.2) is 24.1 Å². The van der Waals surface area contributed by atoms with Crippen molar-refractivity contribution in [1.82, 2.24) is 4.98 Å². The highest BCUT2D eigenvalue weighted by molar-refractivity contribution is 5.50. The van der Waals surface area contributed by atoms with E-state index in [0.29, 0.717) is 6.54 Å². The van der Waals surface area contributed by atoms with Crippen molar-refractivity contribution in [3.63, 3.8) is 0 Å². The summed E-state index contributed by atoms with van der Waals surface area (Å²) in [6.45, 7) is 8.37. The predicted molar refractivity (Wildman–Crippen MR) is 71.1 cm³/mol. The Hall–Kier alpha value is -1.39. The Labute approximate surface area is 107 Å². The minimum absolute atomic E-state index is 0.0904. The number of hydrogen-bond acceptors (Lipinski definition) is 3. The maximum Gasteiger partial charge on any atom is 0.168 e. The van der Waals surface area contributed by atoms with Crippen molar-refractivity contribution in [3.8, 4) is 0 Å². The van der Waals surface area contributed by atoms with Crippen molar-refractivity contribution >= 4 is 11.6 Å². The third kappa shape index (κ3) is 2.89. The van der Waals surface area contributed by atoms with Crippen molar-refractivity contribution in [1.29, 1.82) is 0 Å². The molecular formula is C13H21F2N3. The van der Waals surface area contributed by atoms with Gasteiger partial charge in [-0.05, 0) is 27.2 Å². The number of rotatable bonds is 5. The van der Waals surface area contributed by atoms with Gasteiger partial charge >= 0.3 is 0 Å². The molecule has 0 radical (unpaired) electrons. The zero-order chi connectivity index (χ0) is 13.9. The lowest BCUT2D eigenvalue weighted by molar-refractivity contribution is 0.456. The monoisotopic (exact) mass is 257 g/mol. The van der Waals surface area contributed by atoms with E-state index in [4.69, 9.17) is 0 Å². The first-order valence-corrected chi connectivity index (χ1v) is 6.17. The van der Waals surface area contributed by atoms with Gasteiger partial charge in [0.15, 0.2) is 23.3 Å². The second kappa shape index (κ2) is 5.50. The fourth-order valence-electron chi connectivity index (χ4n) is 1.51. The number of pyridine rings is 1. The minimum atomic E-state index is -0.666. The number of hydrogen-bond donors (Lipinski definition) is 1. The van der Waals surface area contributed by atoms with Crippen molar-refractivity contribution in [2.45, 2.75) is 39.7 Å². The quantitative estimate of drug-likeness (QED) is 0.876. The van der Waals surface area contributed by atoms with Gasteiger partial charge in [-0.1, -0.05) is 6.92 Å². The van der Waals surface area contributed by atoms with Gasteiger partial charge in [0.1, 0.15) is 0 Å². The third-order valence-electron chi connectivity index (χ3n) is 3.35. The molecule has 0 saturated carbocycles. The van der Waals surface area contributed by atoms with Crippen molar-refractivity contribution in [3.05, 3.63) is 17.7 Å². The van der Waals surface area contributed by atoms with Crippen LogP contribution in [0.3, 0.4) is 0 Å². The van der Waals surface area contributed by atoms with Gasteiger partial charge in [0.25, 0.3) is 0 Å². The molecule has 102 valence electrons. The van der Waals surface area contributed by atoms with Crippen LogP contribution >= 0.6 is 0 Å². The lowest BCUT2D eigenvalue weighted by Gasteiger charge is -2.36. The summed E-state index contributed by atoms with van der Waals surface area (Å²) in [6, 6.07) is 0.878. The van der Waals surface area contributed by atoms with Crippen LogP contribution in [-0.2, 0) is 0 Å². The van der Waals surface area contributed by atoms with E-state index in [1.54, 1.807) is 11.9 Å². The van der Waals surface area contributed by atoms with E-state index >= 15 is 0 Å². The van der Waals surface area contributed by atoms with Crippen LogP contribution in [0, 0.1) is 11.6 Å². The molecule has 0 fully saturated rings. The van der Waals surface area contributed by atoms with Crippen LogP contribution in [0.1, 0.15) is 34.1 Å². The van der Waals surface area contributed by atoms with Gasteiger partial charge in [-0.3, -0.25) is 0 Å². The molecule has 0 aliphatic carbocycles. The SMILES string of the molecule is CCNc1nc(N(C)C(C)(C)CC)c(F)cc1F. The molecule has 18 heavy (non-hydrogen) atoms. The van der Waals surface area contributed by atoms with Gasteiger partial charge in [-0.15, -0.1) is 0 Å². The lowest BCUT2D eigenvalue weighted by atomic mass is 10.00. The van der Waals surface area contributed by atoms with E-state index in [0.717, 1.165) is 12.5 Å². The molecule has 1 N–H and O–H groups in total. The van der Waals surface area contributed by atoms with E-state index in [1.165, 1.54) is 0 Å². The molecular weight excluding hydrogens is 236 g/mol. The fourth-order valence-corrected chi connectivity index (χ4v) is 1.51. The number of anilines is 2. The summed E-state index contributed by atoms with van der Waals surface area (Å²) < 4.78 is 27.3. The molecule has 1 aromatic heterocycles. The minimum Gasteiger partial charge on any atom is -0.368 e. The summed E-state index contributed by atoms with van der Waals surface area (Å²) in [5, 5.41) is 2.79. The fraction of sp³-hybridized carbons (Fsp3) is 0.615. The van der Waals surface area contributed by atoms with E-state index in [2.05, 4.69) is 10.3 Å². The Bertz CT molecular complexity index is 419. The Morgan fingerprint density at radius 1 is 1.28 bits per heavy atom. The van der Waals surface area contributed by atoms with Gasteiger partial charge in [0, 0.05) is 25.2 Å². The van der Waals surface area contributed by atoms with Crippen LogP contribution in [0.5, 0.6) is 0 Å². The number of nitrogens with zero attached hydrogens (tertiary/aromatic N) is 2. The summed E-state index contributed by atoms with van der Waals surface area (Å²) in [6.07, 6.45) is 0.832. The van der Waals surface area contributed by atoms with Crippen LogP contribution in [0.4, 0.5) is 20.4 Å². The molecule has 0 aliphatic heterocycles. The van der Waals surface area contributed by atoms with Crippen molar-refractivity contribution in [2.75, 3.05) is 23.8 Å². The Morgan fingerprint density at radius 3 is 2.39 bits per heavy atom. The standard InChI is InChI=1S/C13H21F2N3/c1-6-13(3,4)18(5)12-10(15)8-9(14)11(17-12)16-7-2/h8H,6-7H2,1-5H3,(H,16,17). The highest BCUT2D eigenvalue weighted by atomic mass is 19.1. The van der Waals surface area contributed by atoms with Gasteiger partial charge in [0.2, 0.25) is 0 Å². The van der Waals surface area contributed by atoms with E-state index < -0.39 is 11.6 Å². The molecule has 0 atom stereocenters. The molecule has 0 aromatic carbocycles. The highest BCUT2D eigenvalue weighted by Gasteiger charge is 2.26. The van der Waals surface area contributed by atoms with Crippen molar-refractivity contribution in [2.24, 2.45) is 0 Å². The first-order chi connectivity index (χ1) is 8.33. The summed E-state index contributed by atoms with van der Waals surface area (Å²) in [5.74, 6) is -1.05. The van der Waals surface area contributed by atoms with Crippen molar-refractivity contribution < 1.29 is 8.78 Å². The molecule has 0 amide bonds. The molecule has 1 rings (SSSR count). The van der Waals surface area contributed by atoms with Gasteiger partial charge < -0.3 is 10.2 Å². The van der Waals surface area contributed by atoms with Gasteiger partial charge in [-0.25, -0.2) is 13.8 Å². The summed E-state index contributed by atoms with van der Waals surface area (Å²) in [5.41, 5.74) is -0.241. The number of aromatic nitrogens is 1. The summed E-state index contributed by atoms with van der Waals surface area (Å²) in [7, 11) is 1.77. The normalized spacial score (nSPS) is 11.5. The first kappa shape index (κ1) is 14.7. The highest BCUT2D eigenvalue weighted by Crippen LogP contribution is 2.28. The smallest absolute Gasteiger partial charge is 0.168 e. The van der Waals surface area contributed by atoms with Gasteiger partial charge in [-0.2, -0.15) is 0 Å². The van der Waals surface area contributed by atoms with E-state index in [1.807, 2.05) is 27.7 Å². The maximum atomic E-state index is 13.8. The maximum absolute atomic E-state index is 13.8. The Morgan fingerprint density at radius 2 is 1.89 bits per heavy atom. The Kier molecular flexibility index (Phi) is 4.48. The molecule has 5 heteroatoms. The average molecular weight is 257 g/mol. The molecule has 0 spiro atoms. The molecule has 3 nitrogen and oxygen atoms in total. The average Bonchev–Trinajstić information content (AvgIpc) is 2.32. The second-order valence-corrected chi connectivity index (χ2v) is 4.88. The first-order valence-electron chi connectivity index (χ1n) is 6.17. The number of halogens is 2. The molecule has 0 saturated heterocycles. The largest absolute Gasteiger partial charge is 0.368 e. The van der Waals surface area contributed by atoms with E-state index in [9.17, 15) is 8.78 Å². The third-order valence-corrected chi connectivity index (χ3v) is 3.35. The van der Waals surface area contributed by atoms with Crippen LogP contribution in [0.2, 0.25) is 0 Å². The summed E-state index contributed by atoms with van der Waals surface area (Å²) in [4.78, 5) is 5.78. The lowest BCUT2D eigenvalue weighted by Crippen LogP contribution is -2.41. The molecule has 0 bridgehead atoms. The van der Waals surface area contributed by atoms with Gasteiger partial charge in [0.05, 0.1) is 0 Å². The molecule has 0 unspecified atom stereocenters. The van der Waals surface area contributed by atoms with E-state index in [-0.39, 0.29) is 17.2 Å². The van der Waals surface area contributed by atoms with Crippen LogP contribution in [0.15, 0.2) is 6.07 Å². The van der Waals surface area contributed by atoms with Crippen LogP contribution in [0.25, 0.3) is 0 Å². The molecule has 1 heterocycles. The van der Waals surface area contributed by atoms with Crippen LogP contribution < -0.4 is 10.2 Å². The number of nitrogens with one attached hydrogen (secondary N) is 1.